The standard InChI is InChI=1S/C17H22N4O2/c1-12-16(13(2)23-19-12)17(22)18-14-4-6-15(7-5-14)21-10-8-20(3)9-11-21/h4-7H,8-11H2,1-3H3,(H,18,22). The molecule has 2 aromatic rings. The van der Waals surface area contributed by atoms with E-state index in [0.717, 1.165) is 31.9 Å². The van der Waals surface area contributed by atoms with Gasteiger partial charge in [0, 0.05) is 37.6 Å². The van der Waals surface area contributed by atoms with Gasteiger partial charge in [0.05, 0.1) is 5.69 Å². The molecule has 122 valence electrons. The molecule has 0 bridgehead atoms. The number of piperazine rings is 1. The van der Waals surface area contributed by atoms with E-state index < -0.39 is 0 Å². The van der Waals surface area contributed by atoms with Crippen LogP contribution in [-0.4, -0.2) is 49.2 Å². The van der Waals surface area contributed by atoms with E-state index in [0.29, 0.717) is 17.0 Å². The lowest BCUT2D eigenvalue weighted by atomic mass is 10.2. The van der Waals surface area contributed by atoms with Crippen molar-refractivity contribution in [1.29, 1.82) is 0 Å². The highest BCUT2D eigenvalue weighted by Gasteiger charge is 2.18. The number of aromatic nitrogens is 1. The first-order chi connectivity index (χ1) is 11.0. The van der Waals surface area contributed by atoms with Gasteiger partial charge in [-0.2, -0.15) is 0 Å². The number of carbonyl (C=O) groups excluding carboxylic acids is 1. The van der Waals surface area contributed by atoms with Crippen molar-refractivity contribution >= 4 is 17.3 Å². The molecule has 0 atom stereocenters. The van der Waals surface area contributed by atoms with Crippen LogP contribution in [0.4, 0.5) is 11.4 Å². The van der Waals surface area contributed by atoms with Crippen molar-refractivity contribution in [3.05, 3.63) is 41.3 Å². The molecular weight excluding hydrogens is 292 g/mol. The zero-order valence-electron chi connectivity index (χ0n) is 13.8. The number of nitrogens with zero attached hydrogens (tertiary/aromatic N) is 3. The van der Waals surface area contributed by atoms with Gasteiger partial charge in [-0.1, -0.05) is 5.16 Å². The Morgan fingerprint density at radius 3 is 2.35 bits per heavy atom. The van der Waals surface area contributed by atoms with E-state index in [4.69, 9.17) is 4.52 Å². The van der Waals surface area contributed by atoms with Crippen molar-refractivity contribution in [2.45, 2.75) is 13.8 Å². The smallest absolute Gasteiger partial charge is 0.261 e. The van der Waals surface area contributed by atoms with E-state index in [9.17, 15) is 4.79 Å². The summed E-state index contributed by atoms with van der Waals surface area (Å²) >= 11 is 0. The lowest BCUT2D eigenvalue weighted by Crippen LogP contribution is -2.44. The maximum atomic E-state index is 12.3. The van der Waals surface area contributed by atoms with E-state index >= 15 is 0 Å². The van der Waals surface area contributed by atoms with Crippen LogP contribution >= 0.6 is 0 Å². The molecule has 6 heteroatoms. The number of rotatable bonds is 3. The van der Waals surface area contributed by atoms with Gasteiger partial charge in [0.2, 0.25) is 0 Å². The van der Waals surface area contributed by atoms with Gasteiger partial charge in [-0.05, 0) is 45.2 Å². The maximum absolute atomic E-state index is 12.3. The molecule has 1 amide bonds. The van der Waals surface area contributed by atoms with E-state index in [1.807, 2.05) is 24.3 Å². The zero-order valence-corrected chi connectivity index (χ0v) is 13.8. The molecule has 1 fully saturated rings. The fraction of sp³-hybridized carbons (Fsp3) is 0.412. The monoisotopic (exact) mass is 314 g/mol. The van der Waals surface area contributed by atoms with Gasteiger partial charge in [-0.3, -0.25) is 4.79 Å². The molecule has 1 aliphatic heterocycles. The molecule has 0 unspecified atom stereocenters. The van der Waals surface area contributed by atoms with Crippen LogP contribution in [-0.2, 0) is 0 Å². The van der Waals surface area contributed by atoms with Crippen molar-refractivity contribution in [1.82, 2.24) is 10.1 Å². The van der Waals surface area contributed by atoms with Gasteiger partial charge in [0.1, 0.15) is 11.3 Å². The predicted molar refractivity (Wildman–Crippen MR) is 90.1 cm³/mol. The Kier molecular flexibility index (Phi) is 4.34. The molecule has 0 saturated carbocycles. The summed E-state index contributed by atoms with van der Waals surface area (Å²) in [4.78, 5) is 17.0. The Hall–Kier alpha value is -2.34. The second-order valence-corrected chi connectivity index (χ2v) is 5.99. The predicted octanol–water partition coefficient (Wildman–Crippen LogP) is 2.30. The summed E-state index contributed by atoms with van der Waals surface area (Å²) in [6.07, 6.45) is 0. The van der Waals surface area contributed by atoms with Gasteiger partial charge in [0.15, 0.2) is 0 Å². The lowest BCUT2D eigenvalue weighted by molar-refractivity contribution is 0.102. The van der Waals surface area contributed by atoms with Crippen molar-refractivity contribution in [2.24, 2.45) is 0 Å². The lowest BCUT2D eigenvalue weighted by Gasteiger charge is -2.34. The van der Waals surface area contributed by atoms with Gasteiger partial charge in [-0.25, -0.2) is 0 Å². The summed E-state index contributed by atoms with van der Waals surface area (Å²) in [7, 11) is 2.14. The average molecular weight is 314 g/mol. The van der Waals surface area contributed by atoms with E-state index in [-0.39, 0.29) is 5.91 Å². The third-order valence-electron chi connectivity index (χ3n) is 4.25. The highest BCUT2D eigenvalue weighted by atomic mass is 16.5. The maximum Gasteiger partial charge on any atom is 0.261 e. The Labute approximate surface area is 136 Å². The minimum absolute atomic E-state index is 0.186. The van der Waals surface area contributed by atoms with Crippen molar-refractivity contribution in [2.75, 3.05) is 43.4 Å². The fourth-order valence-electron chi connectivity index (χ4n) is 2.82. The Morgan fingerprint density at radius 1 is 1.13 bits per heavy atom. The molecule has 1 aromatic heterocycles. The molecule has 1 saturated heterocycles. The van der Waals surface area contributed by atoms with E-state index in [1.165, 1.54) is 5.69 Å². The molecule has 0 aliphatic carbocycles. The molecule has 0 spiro atoms. The minimum Gasteiger partial charge on any atom is -0.369 e. The number of anilines is 2. The van der Waals surface area contributed by atoms with Crippen LogP contribution in [0.25, 0.3) is 0 Å². The molecule has 23 heavy (non-hydrogen) atoms. The van der Waals surface area contributed by atoms with Gasteiger partial charge < -0.3 is 19.6 Å². The van der Waals surface area contributed by atoms with Crippen LogP contribution in [0.1, 0.15) is 21.8 Å². The Morgan fingerprint density at radius 2 is 1.78 bits per heavy atom. The minimum atomic E-state index is -0.186. The molecule has 3 rings (SSSR count). The third kappa shape index (κ3) is 3.37. The topological polar surface area (TPSA) is 61.6 Å². The number of aryl methyl sites for hydroxylation is 2. The second-order valence-electron chi connectivity index (χ2n) is 5.99. The number of likely N-dealkylation sites (N-methyl/N-ethyl adjacent to an activating group) is 1. The fourth-order valence-corrected chi connectivity index (χ4v) is 2.82. The van der Waals surface area contributed by atoms with Crippen molar-refractivity contribution in [3.8, 4) is 0 Å². The van der Waals surface area contributed by atoms with Crippen LogP contribution in [0.2, 0.25) is 0 Å². The SMILES string of the molecule is Cc1noc(C)c1C(=O)Nc1ccc(N2CCN(C)CC2)cc1. The summed E-state index contributed by atoms with van der Waals surface area (Å²) in [6, 6.07) is 7.97. The molecule has 2 heterocycles. The Balaban J connectivity index is 1.67. The molecule has 1 aliphatic rings. The Bertz CT molecular complexity index is 666. The molecule has 1 N–H and O–H groups in total. The number of hydrogen-bond acceptors (Lipinski definition) is 5. The second kappa shape index (κ2) is 6.42. The van der Waals surface area contributed by atoms with Crippen LogP contribution in [0.3, 0.4) is 0 Å². The number of nitrogens with one attached hydrogen (secondary N) is 1. The average Bonchev–Trinajstić information content (AvgIpc) is 2.88. The molecular formula is C17H22N4O2. The van der Waals surface area contributed by atoms with E-state index in [1.54, 1.807) is 13.8 Å². The number of carbonyl (C=O) groups is 1. The van der Waals surface area contributed by atoms with Crippen LogP contribution in [0.5, 0.6) is 0 Å². The first-order valence-electron chi connectivity index (χ1n) is 7.82. The normalized spacial score (nSPS) is 15.7. The van der Waals surface area contributed by atoms with Crippen LogP contribution in [0, 0.1) is 13.8 Å². The first-order valence-corrected chi connectivity index (χ1v) is 7.82. The van der Waals surface area contributed by atoms with E-state index in [2.05, 4.69) is 27.3 Å². The van der Waals surface area contributed by atoms with Gasteiger partial charge in [-0.15, -0.1) is 0 Å². The first kappa shape index (κ1) is 15.6. The highest BCUT2D eigenvalue weighted by molar-refractivity contribution is 6.05. The largest absolute Gasteiger partial charge is 0.369 e. The molecule has 1 aromatic carbocycles. The summed E-state index contributed by atoms with van der Waals surface area (Å²) < 4.78 is 5.04. The van der Waals surface area contributed by atoms with Gasteiger partial charge in [0.25, 0.3) is 5.91 Å². The number of amides is 1. The van der Waals surface area contributed by atoms with Crippen LogP contribution in [0.15, 0.2) is 28.8 Å². The molecule has 6 nitrogen and oxygen atoms in total. The van der Waals surface area contributed by atoms with Crippen LogP contribution < -0.4 is 10.2 Å². The number of benzene rings is 1. The summed E-state index contributed by atoms with van der Waals surface area (Å²) in [5.41, 5.74) is 3.07. The number of hydrogen-bond donors (Lipinski definition) is 1. The highest BCUT2D eigenvalue weighted by Crippen LogP contribution is 2.21. The summed E-state index contributed by atoms with van der Waals surface area (Å²) in [5, 5.41) is 6.71. The molecule has 0 radical (unpaired) electrons. The van der Waals surface area contributed by atoms with Gasteiger partial charge >= 0.3 is 0 Å². The zero-order chi connectivity index (χ0) is 16.4. The summed E-state index contributed by atoms with van der Waals surface area (Å²) in [6.45, 7) is 7.71. The van der Waals surface area contributed by atoms with Crippen molar-refractivity contribution < 1.29 is 9.32 Å². The quantitative estimate of drug-likeness (QED) is 0.942. The van der Waals surface area contributed by atoms with Crippen molar-refractivity contribution in [3.63, 3.8) is 0 Å². The third-order valence-corrected chi connectivity index (χ3v) is 4.25. The summed E-state index contributed by atoms with van der Waals surface area (Å²) in [5.74, 6) is 0.350.